The maximum absolute atomic E-state index is 5.83. The van der Waals surface area contributed by atoms with Crippen LogP contribution in [-0.2, 0) is 13.1 Å². The molecule has 0 saturated carbocycles. The van der Waals surface area contributed by atoms with E-state index in [-0.39, 0.29) is 0 Å². The smallest absolute Gasteiger partial charge is 0.0597 e. The molecule has 0 unspecified atom stereocenters. The third-order valence-corrected chi connectivity index (χ3v) is 3.92. The second kappa shape index (κ2) is 7.27. The predicted molar refractivity (Wildman–Crippen MR) is 79.7 cm³/mol. The van der Waals surface area contributed by atoms with Gasteiger partial charge in [-0.25, -0.2) is 0 Å². The third-order valence-electron chi connectivity index (χ3n) is 3.75. The van der Waals surface area contributed by atoms with E-state index in [1.54, 1.807) is 0 Å². The van der Waals surface area contributed by atoms with E-state index in [9.17, 15) is 0 Å². The van der Waals surface area contributed by atoms with Crippen LogP contribution in [0.5, 0.6) is 0 Å². The highest BCUT2D eigenvalue weighted by Crippen LogP contribution is 2.11. The van der Waals surface area contributed by atoms with Crippen LogP contribution < -0.4 is 0 Å². The molecule has 5 heteroatoms. The quantitative estimate of drug-likeness (QED) is 0.773. The van der Waals surface area contributed by atoms with Gasteiger partial charge in [-0.3, -0.25) is 9.58 Å². The lowest BCUT2D eigenvalue weighted by Gasteiger charge is -2.21. The van der Waals surface area contributed by atoms with Crippen LogP contribution in [0.1, 0.15) is 24.7 Å². The molecule has 0 aliphatic carbocycles. The lowest BCUT2D eigenvalue weighted by Crippen LogP contribution is -2.32. The molecule has 0 radical (unpaired) electrons. The van der Waals surface area contributed by atoms with Crippen molar-refractivity contribution in [1.82, 2.24) is 19.6 Å². The van der Waals surface area contributed by atoms with Crippen LogP contribution >= 0.6 is 11.6 Å². The molecule has 0 bridgehead atoms. The summed E-state index contributed by atoms with van der Waals surface area (Å²) in [6.45, 7) is 11.8. The van der Waals surface area contributed by atoms with Crippen LogP contribution in [0.2, 0.25) is 0 Å². The summed E-state index contributed by atoms with van der Waals surface area (Å²) in [6.07, 6.45) is 1.23. The maximum atomic E-state index is 5.83. The number of aryl methyl sites for hydroxylation is 2. The Balaban J connectivity index is 1.92. The van der Waals surface area contributed by atoms with Crippen molar-refractivity contribution in [3.8, 4) is 0 Å². The molecule has 0 atom stereocenters. The van der Waals surface area contributed by atoms with Crippen molar-refractivity contribution in [3.05, 3.63) is 17.5 Å². The molecule has 2 heterocycles. The normalized spacial score (nSPS) is 18.7. The standard InChI is InChI=1S/C14H25ClN4/c1-3-19-14(11-13(2)16-19)12-18-7-4-6-17(8-5-15)9-10-18/h11H,3-10,12H2,1-2H3. The molecule has 1 saturated heterocycles. The molecule has 2 rings (SSSR count). The Labute approximate surface area is 121 Å². The van der Waals surface area contributed by atoms with E-state index in [1.165, 1.54) is 25.2 Å². The predicted octanol–water partition coefficient (Wildman–Crippen LogP) is 1.96. The molecule has 1 aromatic heterocycles. The highest BCUT2D eigenvalue weighted by atomic mass is 35.5. The molecule has 0 amide bonds. The number of aromatic nitrogens is 2. The van der Waals surface area contributed by atoms with Crippen molar-refractivity contribution >= 4 is 11.6 Å². The lowest BCUT2D eigenvalue weighted by molar-refractivity contribution is 0.252. The number of halogens is 1. The average molecular weight is 285 g/mol. The number of hydrogen-bond acceptors (Lipinski definition) is 3. The zero-order valence-electron chi connectivity index (χ0n) is 12.1. The van der Waals surface area contributed by atoms with Crippen LogP contribution in [0.25, 0.3) is 0 Å². The number of hydrogen-bond donors (Lipinski definition) is 0. The minimum absolute atomic E-state index is 0.738. The number of nitrogens with zero attached hydrogens (tertiary/aromatic N) is 4. The topological polar surface area (TPSA) is 24.3 Å². The Morgan fingerprint density at radius 2 is 1.95 bits per heavy atom. The van der Waals surface area contributed by atoms with Gasteiger partial charge >= 0.3 is 0 Å². The van der Waals surface area contributed by atoms with Crippen molar-refractivity contribution in [2.45, 2.75) is 33.4 Å². The number of alkyl halides is 1. The van der Waals surface area contributed by atoms with Gasteiger partial charge in [0, 0.05) is 38.6 Å². The largest absolute Gasteiger partial charge is 0.301 e. The van der Waals surface area contributed by atoms with Gasteiger partial charge < -0.3 is 4.90 Å². The average Bonchev–Trinajstić information content (AvgIpc) is 2.59. The van der Waals surface area contributed by atoms with Crippen molar-refractivity contribution in [1.29, 1.82) is 0 Å². The van der Waals surface area contributed by atoms with E-state index in [0.29, 0.717) is 0 Å². The molecule has 4 nitrogen and oxygen atoms in total. The third kappa shape index (κ3) is 4.20. The van der Waals surface area contributed by atoms with E-state index in [2.05, 4.69) is 39.5 Å². The minimum atomic E-state index is 0.738. The molecule has 108 valence electrons. The summed E-state index contributed by atoms with van der Waals surface area (Å²) >= 11 is 5.83. The van der Waals surface area contributed by atoms with Crippen LogP contribution in [0.15, 0.2) is 6.07 Å². The summed E-state index contributed by atoms with van der Waals surface area (Å²) in [7, 11) is 0. The van der Waals surface area contributed by atoms with Gasteiger partial charge in [-0.15, -0.1) is 11.6 Å². The van der Waals surface area contributed by atoms with E-state index in [4.69, 9.17) is 11.6 Å². The summed E-state index contributed by atoms with van der Waals surface area (Å²) in [5, 5.41) is 4.52. The van der Waals surface area contributed by atoms with E-state index in [0.717, 1.165) is 44.3 Å². The zero-order chi connectivity index (χ0) is 13.7. The summed E-state index contributed by atoms with van der Waals surface area (Å²) < 4.78 is 2.12. The van der Waals surface area contributed by atoms with Crippen molar-refractivity contribution < 1.29 is 0 Å². The van der Waals surface area contributed by atoms with Crippen LogP contribution in [0.3, 0.4) is 0 Å². The Bertz CT molecular complexity index is 391. The van der Waals surface area contributed by atoms with Gasteiger partial charge in [0.25, 0.3) is 0 Å². The molecular weight excluding hydrogens is 260 g/mol. The molecule has 1 aromatic rings. The molecule has 1 aliphatic rings. The molecule has 19 heavy (non-hydrogen) atoms. The van der Waals surface area contributed by atoms with Gasteiger partial charge in [-0.1, -0.05) is 0 Å². The van der Waals surface area contributed by atoms with Gasteiger partial charge in [0.05, 0.1) is 11.4 Å². The fraction of sp³-hybridized carbons (Fsp3) is 0.786. The Morgan fingerprint density at radius 3 is 2.68 bits per heavy atom. The molecule has 0 aromatic carbocycles. The fourth-order valence-electron chi connectivity index (χ4n) is 2.75. The second-order valence-corrected chi connectivity index (χ2v) is 5.63. The van der Waals surface area contributed by atoms with Crippen molar-refractivity contribution in [2.75, 3.05) is 38.6 Å². The summed E-state index contributed by atoms with van der Waals surface area (Å²) in [6, 6.07) is 2.21. The fourth-order valence-corrected chi connectivity index (χ4v) is 2.99. The Hall–Kier alpha value is -0.580. The van der Waals surface area contributed by atoms with Crippen LogP contribution in [0.4, 0.5) is 0 Å². The summed E-state index contributed by atoms with van der Waals surface area (Å²) in [5.41, 5.74) is 2.46. The monoisotopic (exact) mass is 284 g/mol. The maximum Gasteiger partial charge on any atom is 0.0597 e. The summed E-state index contributed by atoms with van der Waals surface area (Å²) in [4.78, 5) is 5.01. The van der Waals surface area contributed by atoms with Gasteiger partial charge in [-0.05, 0) is 39.4 Å². The second-order valence-electron chi connectivity index (χ2n) is 5.25. The van der Waals surface area contributed by atoms with E-state index < -0.39 is 0 Å². The molecule has 0 spiro atoms. The molecule has 1 fully saturated rings. The minimum Gasteiger partial charge on any atom is -0.301 e. The first-order valence-corrected chi connectivity index (χ1v) is 7.80. The van der Waals surface area contributed by atoms with Crippen LogP contribution in [0, 0.1) is 6.92 Å². The first-order valence-electron chi connectivity index (χ1n) is 7.27. The highest BCUT2D eigenvalue weighted by Gasteiger charge is 2.16. The molecular formula is C14H25ClN4. The van der Waals surface area contributed by atoms with Gasteiger partial charge in [0.15, 0.2) is 0 Å². The first-order chi connectivity index (χ1) is 9.22. The van der Waals surface area contributed by atoms with Crippen molar-refractivity contribution in [3.63, 3.8) is 0 Å². The van der Waals surface area contributed by atoms with E-state index in [1.807, 2.05) is 0 Å². The zero-order valence-corrected chi connectivity index (χ0v) is 12.9. The van der Waals surface area contributed by atoms with E-state index >= 15 is 0 Å². The first kappa shape index (κ1) is 14.8. The van der Waals surface area contributed by atoms with Gasteiger partial charge in [-0.2, -0.15) is 5.10 Å². The Kier molecular flexibility index (Phi) is 5.67. The molecule has 0 N–H and O–H groups in total. The van der Waals surface area contributed by atoms with Crippen LogP contribution in [-0.4, -0.2) is 58.2 Å². The van der Waals surface area contributed by atoms with Gasteiger partial charge in [0.1, 0.15) is 0 Å². The number of rotatable bonds is 5. The molecule has 1 aliphatic heterocycles. The van der Waals surface area contributed by atoms with Gasteiger partial charge in [0.2, 0.25) is 0 Å². The summed E-state index contributed by atoms with van der Waals surface area (Å²) in [5.74, 6) is 0.738. The highest BCUT2D eigenvalue weighted by molar-refractivity contribution is 6.18. The Morgan fingerprint density at radius 1 is 1.21 bits per heavy atom. The SMILES string of the molecule is CCn1nc(C)cc1CN1CCCN(CCCl)CC1. The lowest BCUT2D eigenvalue weighted by atomic mass is 10.3. The van der Waals surface area contributed by atoms with Crippen molar-refractivity contribution in [2.24, 2.45) is 0 Å².